The Balaban J connectivity index is 2.57. The molecule has 1 aliphatic carbocycles. The third-order valence-electron chi connectivity index (χ3n) is 3.58. The quantitative estimate of drug-likeness (QED) is 0.571. The van der Waals surface area contributed by atoms with Gasteiger partial charge in [-0.15, -0.1) is 0 Å². The van der Waals surface area contributed by atoms with Crippen molar-refractivity contribution >= 4 is 8.80 Å². The average molecular weight is 182 g/mol. The zero-order valence-electron chi connectivity index (χ0n) is 8.98. The van der Waals surface area contributed by atoms with Crippen LogP contribution in [0.25, 0.3) is 0 Å². The predicted molar refractivity (Wildman–Crippen MR) is 59.3 cm³/mol. The van der Waals surface area contributed by atoms with Crippen LogP contribution in [-0.2, 0) is 0 Å². The predicted octanol–water partition coefficient (Wildman–Crippen LogP) is 3.68. The van der Waals surface area contributed by atoms with Crippen LogP contribution in [-0.4, -0.2) is 8.80 Å². The van der Waals surface area contributed by atoms with E-state index in [1.807, 2.05) is 0 Å². The molecule has 0 radical (unpaired) electrons. The molecule has 1 fully saturated rings. The van der Waals surface area contributed by atoms with E-state index in [4.69, 9.17) is 0 Å². The molecule has 1 rings (SSSR count). The monoisotopic (exact) mass is 182 g/mol. The molecular weight excluding hydrogens is 160 g/mol. The van der Waals surface area contributed by atoms with Crippen LogP contribution in [0.2, 0.25) is 12.1 Å². The Bertz CT molecular complexity index is 171. The maximum Gasteiger partial charge on any atom is 0.0652 e. The Hall–Kier alpha value is -0.0431. The van der Waals surface area contributed by atoms with Gasteiger partial charge in [-0.3, -0.25) is 0 Å². The van der Waals surface area contributed by atoms with Crippen molar-refractivity contribution in [2.75, 3.05) is 0 Å². The Labute approximate surface area is 78.7 Å². The molecule has 0 aromatic rings. The number of rotatable bonds is 2. The second-order valence-electron chi connectivity index (χ2n) is 4.52. The SMILES string of the molecule is CC(C)=C(C)[Si@@H](C)C1CCCC1. The van der Waals surface area contributed by atoms with Crippen LogP contribution in [0.15, 0.2) is 10.8 Å². The van der Waals surface area contributed by atoms with Gasteiger partial charge in [0, 0.05) is 0 Å². The molecule has 1 atom stereocenters. The lowest BCUT2D eigenvalue weighted by Gasteiger charge is -2.19. The van der Waals surface area contributed by atoms with Crippen LogP contribution in [0, 0.1) is 0 Å². The van der Waals surface area contributed by atoms with Gasteiger partial charge in [0.05, 0.1) is 8.80 Å². The van der Waals surface area contributed by atoms with Crippen molar-refractivity contribution in [2.45, 2.75) is 58.5 Å². The summed E-state index contributed by atoms with van der Waals surface area (Å²) in [6.07, 6.45) is 6.05. The summed E-state index contributed by atoms with van der Waals surface area (Å²) in [7, 11) is -0.527. The minimum atomic E-state index is -0.527. The van der Waals surface area contributed by atoms with E-state index in [1.54, 1.807) is 10.8 Å². The zero-order chi connectivity index (χ0) is 9.14. The Morgan fingerprint density at radius 1 is 1.08 bits per heavy atom. The lowest BCUT2D eigenvalue weighted by atomic mass is 10.3. The van der Waals surface area contributed by atoms with Crippen molar-refractivity contribution < 1.29 is 0 Å². The molecule has 0 aliphatic heterocycles. The maximum atomic E-state index is 2.54. The average Bonchev–Trinajstić information content (AvgIpc) is 2.53. The first-order chi connectivity index (χ1) is 5.63. The largest absolute Gasteiger partial charge is 0.0884 e. The summed E-state index contributed by atoms with van der Waals surface area (Å²) in [6, 6.07) is 0. The fourth-order valence-electron chi connectivity index (χ4n) is 2.27. The van der Waals surface area contributed by atoms with Gasteiger partial charge in [-0.05, 0) is 26.3 Å². The lowest BCUT2D eigenvalue weighted by molar-refractivity contribution is 0.855. The normalized spacial score (nSPS) is 21.0. The molecule has 0 aromatic heterocycles. The van der Waals surface area contributed by atoms with Crippen molar-refractivity contribution in [3.05, 3.63) is 10.8 Å². The van der Waals surface area contributed by atoms with E-state index in [1.165, 1.54) is 25.7 Å². The highest BCUT2D eigenvalue weighted by Gasteiger charge is 2.23. The fraction of sp³-hybridized carbons (Fsp3) is 0.818. The highest BCUT2D eigenvalue weighted by molar-refractivity contribution is 6.66. The van der Waals surface area contributed by atoms with E-state index < -0.39 is 8.80 Å². The third kappa shape index (κ3) is 2.22. The molecule has 0 N–H and O–H groups in total. The standard InChI is InChI=1S/C11H22Si/c1-9(2)10(3)12(4)11-7-5-6-8-11/h11-12H,5-8H2,1-4H3/t12-/m1/s1. The molecule has 12 heavy (non-hydrogen) atoms. The van der Waals surface area contributed by atoms with Crippen molar-refractivity contribution in [1.82, 2.24) is 0 Å². The first kappa shape index (κ1) is 10.0. The molecule has 1 aliphatic rings. The summed E-state index contributed by atoms with van der Waals surface area (Å²) in [5.74, 6) is 0. The minimum absolute atomic E-state index is 0.527. The molecule has 1 saturated carbocycles. The molecule has 0 bridgehead atoms. The summed E-state index contributed by atoms with van der Waals surface area (Å²) in [5, 5.41) is 1.77. The van der Waals surface area contributed by atoms with Crippen LogP contribution >= 0.6 is 0 Å². The molecule has 0 amide bonds. The molecule has 0 saturated heterocycles. The van der Waals surface area contributed by atoms with Crippen LogP contribution in [0.3, 0.4) is 0 Å². The van der Waals surface area contributed by atoms with Crippen LogP contribution in [0.4, 0.5) is 0 Å². The Morgan fingerprint density at radius 3 is 2.00 bits per heavy atom. The van der Waals surface area contributed by atoms with Gasteiger partial charge >= 0.3 is 0 Å². The van der Waals surface area contributed by atoms with E-state index in [2.05, 4.69) is 27.3 Å². The van der Waals surface area contributed by atoms with E-state index >= 15 is 0 Å². The molecule has 1 heteroatoms. The second kappa shape index (κ2) is 4.27. The van der Waals surface area contributed by atoms with Crippen LogP contribution in [0.1, 0.15) is 46.5 Å². The minimum Gasteiger partial charge on any atom is -0.0884 e. The van der Waals surface area contributed by atoms with E-state index in [0.717, 1.165) is 5.54 Å². The first-order valence-electron chi connectivity index (χ1n) is 5.27. The third-order valence-corrected chi connectivity index (χ3v) is 7.60. The van der Waals surface area contributed by atoms with Crippen LogP contribution in [0.5, 0.6) is 0 Å². The van der Waals surface area contributed by atoms with Gasteiger partial charge in [-0.2, -0.15) is 0 Å². The van der Waals surface area contributed by atoms with Crippen molar-refractivity contribution in [1.29, 1.82) is 0 Å². The van der Waals surface area contributed by atoms with Gasteiger partial charge in [-0.25, -0.2) is 0 Å². The molecule has 0 aromatic carbocycles. The molecule has 70 valence electrons. The summed E-state index contributed by atoms with van der Waals surface area (Å²) >= 11 is 0. The van der Waals surface area contributed by atoms with Crippen molar-refractivity contribution in [2.24, 2.45) is 0 Å². The summed E-state index contributed by atoms with van der Waals surface area (Å²) in [6.45, 7) is 9.45. The fourth-order valence-corrected chi connectivity index (χ4v) is 5.36. The van der Waals surface area contributed by atoms with E-state index in [9.17, 15) is 0 Å². The van der Waals surface area contributed by atoms with Crippen molar-refractivity contribution in [3.8, 4) is 0 Å². The second-order valence-corrected chi connectivity index (χ2v) is 7.90. The van der Waals surface area contributed by atoms with Gasteiger partial charge in [0.2, 0.25) is 0 Å². The lowest BCUT2D eigenvalue weighted by Crippen LogP contribution is -2.17. The van der Waals surface area contributed by atoms with Crippen LogP contribution < -0.4 is 0 Å². The van der Waals surface area contributed by atoms with Crippen molar-refractivity contribution in [3.63, 3.8) is 0 Å². The van der Waals surface area contributed by atoms with E-state index in [-0.39, 0.29) is 0 Å². The number of hydrogen-bond donors (Lipinski definition) is 0. The van der Waals surface area contributed by atoms with E-state index in [0.29, 0.717) is 0 Å². The highest BCUT2D eigenvalue weighted by Crippen LogP contribution is 2.35. The zero-order valence-corrected chi connectivity index (χ0v) is 10.1. The Kier molecular flexibility index (Phi) is 3.57. The molecule has 0 spiro atoms. The van der Waals surface area contributed by atoms with Gasteiger partial charge in [0.15, 0.2) is 0 Å². The topological polar surface area (TPSA) is 0 Å². The first-order valence-corrected chi connectivity index (χ1v) is 7.66. The highest BCUT2D eigenvalue weighted by atomic mass is 28.3. The number of allylic oxidation sites excluding steroid dienone is 2. The summed E-state index contributed by atoms with van der Waals surface area (Å²) in [5.41, 5.74) is 2.71. The molecule has 0 unspecified atom stereocenters. The maximum absolute atomic E-state index is 2.54. The van der Waals surface area contributed by atoms with Gasteiger partial charge < -0.3 is 0 Å². The summed E-state index contributed by atoms with van der Waals surface area (Å²) in [4.78, 5) is 0. The smallest absolute Gasteiger partial charge is 0.0652 e. The van der Waals surface area contributed by atoms with Gasteiger partial charge in [0.1, 0.15) is 0 Å². The Morgan fingerprint density at radius 2 is 1.58 bits per heavy atom. The molecule has 0 heterocycles. The van der Waals surface area contributed by atoms with Gasteiger partial charge in [-0.1, -0.05) is 43.0 Å². The molecular formula is C11H22Si. The number of hydrogen-bond acceptors (Lipinski definition) is 0. The summed E-state index contributed by atoms with van der Waals surface area (Å²) < 4.78 is 0. The van der Waals surface area contributed by atoms with Gasteiger partial charge in [0.25, 0.3) is 0 Å². The molecule has 0 nitrogen and oxygen atoms in total.